The second-order valence-electron chi connectivity index (χ2n) is 5.40. The van der Waals surface area contributed by atoms with Crippen LogP contribution in [0.25, 0.3) is 0 Å². The molecule has 0 bridgehead atoms. The van der Waals surface area contributed by atoms with Crippen molar-refractivity contribution in [3.63, 3.8) is 0 Å². The van der Waals surface area contributed by atoms with Gasteiger partial charge in [0.1, 0.15) is 12.4 Å². The summed E-state index contributed by atoms with van der Waals surface area (Å²) in [5.41, 5.74) is 0. The maximum Gasteiger partial charge on any atom is 0.276 e. The van der Waals surface area contributed by atoms with Crippen molar-refractivity contribution in [2.24, 2.45) is 5.92 Å². The molecule has 3 rings (SSSR count). The van der Waals surface area contributed by atoms with Gasteiger partial charge < -0.3 is 9.52 Å². The summed E-state index contributed by atoms with van der Waals surface area (Å²) in [5, 5.41) is 8.93. The molecular weight excluding hydrogens is 266 g/mol. The summed E-state index contributed by atoms with van der Waals surface area (Å²) in [6, 6.07) is 3.10. The van der Waals surface area contributed by atoms with E-state index in [0.29, 0.717) is 12.5 Å². The molecule has 1 aromatic rings. The van der Waals surface area contributed by atoms with Gasteiger partial charge in [0.05, 0.1) is 0 Å². The van der Waals surface area contributed by atoms with Gasteiger partial charge in [-0.3, -0.25) is 0 Å². The van der Waals surface area contributed by atoms with Crippen LogP contribution < -0.4 is 0 Å². The first kappa shape index (κ1) is 13.1. The molecule has 1 aliphatic heterocycles. The second kappa shape index (κ2) is 4.92. The van der Waals surface area contributed by atoms with E-state index in [1.807, 2.05) is 0 Å². The van der Waals surface area contributed by atoms with Crippen molar-refractivity contribution in [2.75, 3.05) is 6.54 Å². The predicted molar refractivity (Wildman–Crippen MR) is 68.9 cm³/mol. The molecule has 2 heterocycles. The smallest absolute Gasteiger partial charge is 0.276 e. The third-order valence-electron chi connectivity index (χ3n) is 4.31. The van der Waals surface area contributed by atoms with E-state index in [2.05, 4.69) is 0 Å². The normalized spacial score (nSPS) is 28.5. The fraction of sp³-hybridized carbons (Fsp3) is 0.692. The topological polar surface area (TPSA) is 70.8 Å². The van der Waals surface area contributed by atoms with Crippen LogP contribution in [0.2, 0.25) is 0 Å². The third kappa shape index (κ3) is 2.22. The Morgan fingerprint density at radius 1 is 1.26 bits per heavy atom. The Hall–Kier alpha value is -0.850. The average Bonchev–Trinajstić information content (AvgIpc) is 3.06. The predicted octanol–water partition coefficient (Wildman–Crippen LogP) is 1.73. The van der Waals surface area contributed by atoms with Crippen LogP contribution in [0.1, 0.15) is 37.9 Å². The van der Waals surface area contributed by atoms with Crippen LogP contribution in [0.4, 0.5) is 0 Å². The van der Waals surface area contributed by atoms with Gasteiger partial charge in [0.2, 0.25) is 5.09 Å². The largest absolute Gasteiger partial charge is 0.446 e. The fourth-order valence-electron chi connectivity index (χ4n) is 3.36. The number of hydrogen-bond donors (Lipinski definition) is 1. The molecule has 1 saturated heterocycles. The number of furan rings is 1. The number of sulfonamides is 1. The Morgan fingerprint density at radius 3 is 2.79 bits per heavy atom. The molecule has 0 radical (unpaired) electrons. The van der Waals surface area contributed by atoms with E-state index in [4.69, 9.17) is 9.52 Å². The van der Waals surface area contributed by atoms with Crippen molar-refractivity contribution < 1.29 is 17.9 Å². The Morgan fingerprint density at radius 2 is 2.05 bits per heavy atom. The molecule has 1 N–H and O–H groups in total. The van der Waals surface area contributed by atoms with Gasteiger partial charge in [-0.1, -0.05) is 12.8 Å². The lowest BCUT2D eigenvalue weighted by molar-refractivity contribution is 0.230. The maximum absolute atomic E-state index is 12.6. The number of fused-ring (bicyclic) bond motifs is 1. The Bertz CT molecular complexity index is 551. The standard InChI is InChI=1S/C13H19NO4S/c15-9-11-5-6-13(18-11)19(16,17)14-8-7-10-3-1-2-4-12(10)14/h5-6,10,12,15H,1-4,7-9H2. The first-order valence-electron chi connectivity index (χ1n) is 6.84. The number of nitrogens with zero attached hydrogens (tertiary/aromatic N) is 1. The molecule has 0 aromatic carbocycles. The molecule has 1 aromatic heterocycles. The van der Waals surface area contributed by atoms with Crippen molar-refractivity contribution in [1.82, 2.24) is 4.31 Å². The highest BCUT2D eigenvalue weighted by atomic mass is 32.2. The zero-order chi connectivity index (χ0) is 13.5. The maximum atomic E-state index is 12.6. The molecule has 2 aliphatic rings. The van der Waals surface area contributed by atoms with Gasteiger partial charge in [-0.25, -0.2) is 8.42 Å². The lowest BCUT2D eigenvalue weighted by Gasteiger charge is -2.30. The number of aliphatic hydroxyl groups excluding tert-OH is 1. The van der Waals surface area contributed by atoms with Gasteiger partial charge in [-0.15, -0.1) is 0 Å². The van der Waals surface area contributed by atoms with Gasteiger partial charge in [-0.05, 0) is 37.3 Å². The van der Waals surface area contributed by atoms with E-state index >= 15 is 0 Å². The summed E-state index contributed by atoms with van der Waals surface area (Å²) in [6.45, 7) is 0.314. The second-order valence-corrected chi connectivity index (χ2v) is 7.22. The van der Waals surface area contributed by atoms with Crippen molar-refractivity contribution >= 4 is 10.0 Å². The minimum atomic E-state index is -3.54. The molecule has 2 atom stereocenters. The van der Waals surface area contributed by atoms with Gasteiger partial charge in [0, 0.05) is 12.6 Å². The van der Waals surface area contributed by atoms with Crippen LogP contribution in [-0.4, -0.2) is 30.4 Å². The fourth-order valence-corrected chi connectivity index (χ4v) is 5.02. The molecule has 1 saturated carbocycles. The first-order valence-corrected chi connectivity index (χ1v) is 8.28. The summed E-state index contributed by atoms with van der Waals surface area (Å²) < 4.78 is 32.0. The Balaban J connectivity index is 1.88. The monoisotopic (exact) mass is 285 g/mol. The summed E-state index contributed by atoms with van der Waals surface area (Å²) in [6.07, 6.45) is 5.36. The Labute approximate surface area is 113 Å². The van der Waals surface area contributed by atoms with Crippen molar-refractivity contribution in [3.05, 3.63) is 17.9 Å². The summed E-state index contributed by atoms with van der Waals surface area (Å²) in [5.74, 6) is 0.800. The van der Waals surface area contributed by atoms with E-state index in [1.165, 1.54) is 18.6 Å². The van der Waals surface area contributed by atoms with Crippen LogP contribution in [-0.2, 0) is 16.6 Å². The van der Waals surface area contributed by atoms with Gasteiger partial charge in [-0.2, -0.15) is 4.31 Å². The van der Waals surface area contributed by atoms with E-state index in [1.54, 1.807) is 4.31 Å². The minimum Gasteiger partial charge on any atom is -0.446 e. The average molecular weight is 285 g/mol. The molecule has 0 spiro atoms. The summed E-state index contributed by atoms with van der Waals surface area (Å²) in [7, 11) is -3.54. The SMILES string of the molecule is O=S(=O)(c1ccc(CO)o1)N1CCC2CCCCC21. The van der Waals surface area contributed by atoms with Gasteiger partial charge >= 0.3 is 0 Å². The van der Waals surface area contributed by atoms with Crippen LogP contribution in [0.15, 0.2) is 21.6 Å². The summed E-state index contributed by atoms with van der Waals surface area (Å²) in [4.78, 5) is 0. The van der Waals surface area contributed by atoms with Gasteiger partial charge in [0.25, 0.3) is 10.0 Å². The third-order valence-corrected chi connectivity index (χ3v) is 6.11. The molecular formula is C13H19NO4S. The lowest BCUT2D eigenvalue weighted by Crippen LogP contribution is -2.39. The molecule has 6 heteroatoms. The number of aliphatic hydroxyl groups is 1. The highest BCUT2D eigenvalue weighted by molar-refractivity contribution is 7.89. The highest BCUT2D eigenvalue weighted by Crippen LogP contribution is 2.39. The van der Waals surface area contributed by atoms with Crippen LogP contribution in [0.3, 0.4) is 0 Å². The van der Waals surface area contributed by atoms with E-state index in [9.17, 15) is 8.42 Å². The molecule has 5 nitrogen and oxygen atoms in total. The zero-order valence-electron chi connectivity index (χ0n) is 10.8. The van der Waals surface area contributed by atoms with E-state index < -0.39 is 10.0 Å². The van der Waals surface area contributed by atoms with Crippen LogP contribution in [0, 0.1) is 5.92 Å². The van der Waals surface area contributed by atoms with Crippen LogP contribution >= 0.6 is 0 Å². The zero-order valence-corrected chi connectivity index (χ0v) is 11.6. The number of rotatable bonds is 3. The van der Waals surface area contributed by atoms with Crippen LogP contribution in [0.5, 0.6) is 0 Å². The molecule has 2 fully saturated rings. The van der Waals surface area contributed by atoms with Crippen molar-refractivity contribution in [3.8, 4) is 0 Å². The molecule has 0 amide bonds. The number of hydrogen-bond acceptors (Lipinski definition) is 4. The molecule has 2 unspecified atom stereocenters. The molecule has 106 valence electrons. The molecule has 19 heavy (non-hydrogen) atoms. The summed E-state index contributed by atoms with van der Waals surface area (Å²) >= 11 is 0. The van der Waals surface area contributed by atoms with Crippen molar-refractivity contribution in [1.29, 1.82) is 0 Å². The van der Waals surface area contributed by atoms with Gasteiger partial charge in [0.15, 0.2) is 0 Å². The quantitative estimate of drug-likeness (QED) is 0.918. The van der Waals surface area contributed by atoms with Crippen molar-refractivity contribution in [2.45, 2.75) is 49.8 Å². The minimum absolute atomic E-state index is 0.0391. The van der Waals surface area contributed by atoms with E-state index in [0.717, 1.165) is 25.7 Å². The Kier molecular flexibility index (Phi) is 3.41. The van der Waals surface area contributed by atoms with E-state index in [-0.39, 0.29) is 23.5 Å². The molecule has 1 aliphatic carbocycles. The first-order chi connectivity index (χ1) is 9.13. The highest BCUT2D eigenvalue weighted by Gasteiger charge is 2.43. The lowest BCUT2D eigenvalue weighted by atomic mass is 9.86.